The van der Waals surface area contributed by atoms with Crippen LogP contribution in [0.5, 0.6) is 0 Å². The summed E-state index contributed by atoms with van der Waals surface area (Å²) in [5, 5.41) is 0. The minimum atomic E-state index is 0.161. The van der Waals surface area contributed by atoms with Gasteiger partial charge in [-0.25, -0.2) is 0 Å². The van der Waals surface area contributed by atoms with E-state index in [0.717, 1.165) is 23.5 Å². The van der Waals surface area contributed by atoms with E-state index in [-0.39, 0.29) is 6.04 Å². The van der Waals surface area contributed by atoms with Crippen LogP contribution in [-0.2, 0) is 0 Å². The molecular weight excluding hydrogens is 264 g/mol. The number of halogens is 1. The molecule has 2 nitrogen and oxygen atoms in total. The van der Waals surface area contributed by atoms with E-state index in [1.54, 1.807) is 0 Å². The minimum absolute atomic E-state index is 0.161. The Balaban J connectivity index is 1.82. The van der Waals surface area contributed by atoms with Gasteiger partial charge in [0, 0.05) is 16.6 Å². The summed E-state index contributed by atoms with van der Waals surface area (Å²) < 4.78 is 1.11. The van der Waals surface area contributed by atoms with Crippen molar-refractivity contribution in [1.29, 1.82) is 0 Å². The van der Waals surface area contributed by atoms with Gasteiger partial charge in [0.1, 0.15) is 0 Å². The zero-order valence-electron chi connectivity index (χ0n) is 9.70. The van der Waals surface area contributed by atoms with Crippen molar-refractivity contribution in [1.82, 2.24) is 4.90 Å². The normalized spacial score (nSPS) is 17.8. The van der Waals surface area contributed by atoms with Crippen molar-refractivity contribution >= 4 is 15.9 Å². The highest BCUT2D eigenvalue weighted by Gasteiger charge is 2.25. The quantitative estimate of drug-likeness (QED) is 0.900. The zero-order valence-corrected chi connectivity index (χ0v) is 11.3. The van der Waals surface area contributed by atoms with Gasteiger partial charge in [-0.15, -0.1) is 0 Å². The van der Waals surface area contributed by atoms with Gasteiger partial charge in [-0.3, -0.25) is 0 Å². The highest BCUT2D eigenvalue weighted by Crippen LogP contribution is 2.26. The monoisotopic (exact) mass is 282 g/mol. The molecule has 1 aromatic carbocycles. The summed E-state index contributed by atoms with van der Waals surface area (Å²) in [6.45, 7) is 1.10. The number of nitrogens with two attached hydrogens (primary N) is 1. The maximum absolute atomic E-state index is 6.17. The molecule has 0 saturated heterocycles. The molecule has 3 heteroatoms. The smallest absolute Gasteiger partial charge is 0.0307 e. The lowest BCUT2D eigenvalue weighted by atomic mass is 10.0. The van der Waals surface area contributed by atoms with Crippen LogP contribution in [0.25, 0.3) is 0 Å². The molecule has 1 unspecified atom stereocenters. The van der Waals surface area contributed by atoms with E-state index >= 15 is 0 Å². The second-order valence-electron chi connectivity index (χ2n) is 4.66. The lowest BCUT2D eigenvalue weighted by molar-refractivity contribution is 0.309. The molecule has 1 aliphatic carbocycles. The van der Waals surface area contributed by atoms with E-state index < -0.39 is 0 Å². The van der Waals surface area contributed by atoms with Crippen LogP contribution in [0.4, 0.5) is 0 Å². The van der Waals surface area contributed by atoms with Crippen LogP contribution >= 0.6 is 15.9 Å². The van der Waals surface area contributed by atoms with Crippen LogP contribution in [0.1, 0.15) is 30.9 Å². The van der Waals surface area contributed by atoms with Crippen molar-refractivity contribution in [2.24, 2.45) is 5.73 Å². The molecule has 1 atom stereocenters. The Bertz CT molecular complexity index is 332. The lowest BCUT2D eigenvalue weighted by Gasteiger charge is -2.19. The fourth-order valence-electron chi connectivity index (χ4n) is 1.92. The molecule has 88 valence electrons. The Kier molecular flexibility index (Phi) is 4.00. The van der Waals surface area contributed by atoms with Crippen LogP contribution in [0.3, 0.4) is 0 Å². The van der Waals surface area contributed by atoms with Crippen molar-refractivity contribution in [3.05, 3.63) is 34.3 Å². The van der Waals surface area contributed by atoms with E-state index in [1.165, 1.54) is 18.4 Å². The van der Waals surface area contributed by atoms with Crippen LogP contribution in [0, 0.1) is 0 Å². The predicted octanol–water partition coefficient (Wildman–Crippen LogP) is 2.93. The number of benzene rings is 1. The van der Waals surface area contributed by atoms with Gasteiger partial charge >= 0.3 is 0 Å². The average Bonchev–Trinajstić information content (AvgIpc) is 3.10. The van der Waals surface area contributed by atoms with Crippen LogP contribution < -0.4 is 5.73 Å². The first kappa shape index (κ1) is 12.1. The Labute approximate surface area is 106 Å². The predicted molar refractivity (Wildman–Crippen MR) is 71.3 cm³/mol. The van der Waals surface area contributed by atoms with Crippen molar-refractivity contribution in [3.8, 4) is 0 Å². The third-order valence-electron chi connectivity index (χ3n) is 3.26. The third-order valence-corrected chi connectivity index (χ3v) is 3.79. The molecular formula is C13H19BrN2. The number of hydrogen-bond acceptors (Lipinski definition) is 2. The summed E-state index contributed by atoms with van der Waals surface area (Å²) in [5.41, 5.74) is 7.40. The summed E-state index contributed by atoms with van der Waals surface area (Å²) in [5.74, 6) is 0. The van der Waals surface area contributed by atoms with E-state index in [2.05, 4.69) is 52.1 Å². The summed E-state index contributed by atoms with van der Waals surface area (Å²) >= 11 is 3.44. The molecule has 16 heavy (non-hydrogen) atoms. The molecule has 0 radical (unpaired) electrons. The largest absolute Gasteiger partial charge is 0.324 e. The summed E-state index contributed by atoms with van der Waals surface area (Å²) in [6, 6.07) is 9.31. The first-order chi connectivity index (χ1) is 7.66. The molecule has 0 bridgehead atoms. The van der Waals surface area contributed by atoms with Gasteiger partial charge in [0.2, 0.25) is 0 Å². The molecule has 2 rings (SSSR count). The summed E-state index contributed by atoms with van der Waals surface area (Å²) in [4.78, 5) is 2.43. The van der Waals surface area contributed by atoms with E-state index in [4.69, 9.17) is 5.73 Å². The Morgan fingerprint density at radius 3 is 2.56 bits per heavy atom. The first-order valence-electron chi connectivity index (χ1n) is 5.88. The van der Waals surface area contributed by atoms with Crippen LogP contribution in [-0.4, -0.2) is 24.5 Å². The van der Waals surface area contributed by atoms with Crippen molar-refractivity contribution in [3.63, 3.8) is 0 Å². The van der Waals surface area contributed by atoms with Gasteiger partial charge in [-0.1, -0.05) is 28.1 Å². The highest BCUT2D eigenvalue weighted by atomic mass is 79.9. The third kappa shape index (κ3) is 3.30. The molecule has 0 heterocycles. The molecule has 0 amide bonds. The topological polar surface area (TPSA) is 29.3 Å². The van der Waals surface area contributed by atoms with Gasteiger partial charge in [0.05, 0.1) is 0 Å². The van der Waals surface area contributed by atoms with Gasteiger partial charge < -0.3 is 10.6 Å². The lowest BCUT2D eigenvalue weighted by Crippen LogP contribution is -2.25. The van der Waals surface area contributed by atoms with Gasteiger partial charge in [-0.2, -0.15) is 0 Å². The van der Waals surface area contributed by atoms with Gasteiger partial charge in [0.25, 0.3) is 0 Å². The highest BCUT2D eigenvalue weighted by molar-refractivity contribution is 9.10. The Morgan fingerprint density at radius 1 is 1.38 bits per heavy atom. The van der Waals surface area contributed by atoms with Gasteiger partial charge in [-0.05, 0) is 50.6 Å². The van der Waals surface area contributed by atoms with E-state index in [1.807, 2.05) is 0 Å². The molecule has 1 aliphatic rings. The molecule has 1 fully saturated rings. The standard InChI is InChI=1S/C13H19BrN2/c1-16(12-6-7-12)9-8-13(15)10-2-4-11(14)5-3-10/h2-5,12-13H,6-9,15H2,1H3. The Morgan fingerprint density at radius 2 is 2.00 bits per heavy atom. The van der Waals surface area contributed by atoms with Crippen molar-refractivity contribution in [2.45, 2.75) is 31.3 Å². The van der Waals surface area contributed by atoms with Crippen molar-refractivity contribution in [2.75, 3.05) is 13.6 Å². The van der Waals surface area contributed by atoms with Crippen LogP contribution in [0.15, 0.2) is 28.7 Å². The first-order valence-corrected chi connectivity index (χ1v) is 6.67. The zero-order chi connectivity index (χ0) is 11.5. The number of rotatable bonds is 5. The van der Waals surface area contributed by atoms with E-state index in [0.29, 0.717) is 0 Å². The minimum Gasteiger partial charge on any atom is -0.324 e. The molecule has 0 spiro atoms. The second kappa shape index (κ2) is 5.30. The summed E-state index contributed by atoms with van der Waals surface area (Å²) in [6.07, 6.45) is 3.77. The number of nitrogens with zero attached hydrogens (tertiary/aromatic N) is 1. The SMILES string of the molecule is CN(CCC(N)c1ccc(Br)cc1)C1CC1. The van der Waals surface area contributed by atoms with Crippen molar-refractivity contribution < 1.29 is 0 Å². The maximum atomic E-state index is 6.17. The molecule has 0 aromatic heterocycles. The molecule has 1 aromatic rings. The second-order valence-corrected chi connectivity index (χ2v) is 5.57. The molecule has 1 saturated carbocycles. The molecule has 0 aliphatic heterocycles. The maximum Gasteiger partial charge on any atom is 0.0307 e. The fourth-order valence-corrected chi connectivity index (χ4v) is 2.18. The van der Waals surface area contributed by atoms with E-state index in [9.17, 15) is 0 Å². The Hall–Kier alpha value is -0.380. The fraction of sp³-hybridized carbons (Fsp3) is 0.538. The number of hydrogen-bond donors (Lipinski definition) is 1. The molecule has 2 N–H and O–H groups in total. The van der Waals surface area contributed by atoms with Crippen LogP contribution in [0.2, 0.25) is 0 Å². The van der Waals surface area contributed by atoms with Gasteiger partial charge in [0.15, 0.2) is 0 Å². The summed E-state index contributed by atoms with van der Waals surface area (Å²) in [7, 11) is 2.20. The average molecular weight is 283 g/mol.